The van der Waals surface area contributed by atoms with Gasteiger partial charge in [-0.1, -0.05) is 24.4 Å². The predicted octanol–water partition coefficient (Wildman–Crippen LogP) is 5.47. The molecule has 156 valence electrons. The Hall–Kier alpha value is -2.13. The Labute approximate surface area is 175 Å². The van der Waals surface area contributed by atoms with Gasteiger partial charge in [0.1, 0.15) is 10.7 Å². The minimum Gasteiger partial charge on any atom is -0.481 e. The van der Waals surface area contributed by atoms with E-state index >= 15 is 0 Å². The van der Waals surface area contributed by atoms with Gasteiger partial charge in [0.2, 0.25) is 0 Å². The zero-order chi connectivity index (χ0) is 21.0. The van der Waals surface area contributed by atoms with Crippen molar-refractivity contribution in [3.05, 3.63) is 40.6 Å². The highest BCUT2D eigenvalue weighted by Crippen LogP contribution is 2.30. The van der Waals surface area contributed by atoms with E-state index in [0.717, 1.165) is 28.8 Å². The van der Waals surface area contributed by atoms with E-state index in [1.54, 1.807) is 12.1 Å². The Balaban J connectivity index is 1.53. The Morgan fingerprint density at radius 2 is 1.83 bits per heavy atom. The highest BCUT2D eigenvalue weighted by Gasteiger charge is 2.31. The maximum absolute atomic E-state index is 12.3. The van der Waals surface area contributed by atoms with Crippen LogP contribution in [-0.4, -0.2) is 29.0 Å². The van der Waals surface area contributed by atoms with Gasteiger partial charge in [-0.05, 0) is 66.3 Å². The van der Waals surface area contributed by atoms with Crippen molar-refractivity contribution >= 4 is 34.5 Å². The first-order chi connectivity index (χ1) is 13.7. The Bertz CT molecular complexity index is 857. The second-order valence-electron chi connectivity index (χ2n) is 7.04. The van der Waals surface area contributed by atoms with Gasteiger partial charge in [-0.15, -0.1) is 24.5 Å². The zero-order valence-electron chi connectivity index (χ0n) is 15.4. The molecule has 1 aromatic carbocycles. The summed E-state index contributed by atoms with van der Waals surface area (Å²) >= 11 is 6.92. The van der Waals surface area contributed by atoms with E-state index in [2.05, 4.69) is 10.1 Å². The standard InChI is InChI=1S/C20H20F3NO3S2/c21-20(22,23)27-16-7-5-13(6-8-16)15-9-17(29-11-15)18(28)24-10-12-1-3-14(4-2-12)19(25)26/h5-9,11-12,14H,1-4,10H2,(H,24,28)(H,25,26)/t12-,14-. The lowest BCUT2D eigenvalue weighted by Crippen LogP contribution is -2.31. The molecule has 1 aliphatic carbocycles. The SMILES string of the molecule is O=C(O)[C@H]1CC[C@H](CNC(=S)c2cc(-c3ccc(OC(F)(F)F)cc3)cs2)CC1. The third-order valence-corrected chi connectivity index (χ3v) is 6.43. The lowest BCUT2D eigenvalue weighted by molar-refractivity contribution is -0.274. The number of thiocarbonyl (C=S) groups is 1. The van der Waals surface area contributed by atoms with Crippen LogP contribution in [0.15, 0.2) is 35.7 Å². The second-order valence-corrected chi connectivity index (χ2v) is 8.36. The molecule has 2 aromatic rings. The van der Waals surface area contributed by atoms with Crippen LogP contribution >= 0.6 is 23.6 Å². The van der Waals surface area contributed by atoms with Crippen molar-refractivity contribution in [2.45, 2.75) is 32.0 Å². The van der Waals surface area contributed by atoms with Crippen LogP contribution in [0.1, 0.15) is 30.6 Å². The van der Waals surface area contributed by atoms with Crippen molar-refractivity contribution in [1.29, 1.82) is 0 Å². The summed E-state index contributed by atoms with van der Waals surface area (Å²) in [5.41, 5.74) is 1.64. The number of carbonyl (C=O) groups is 1. The molecule has 0 bridgehead atoms. The number of hydrogen-bond donors (Lipinski definition) is 2. The molecule has 9 heteroatoms. The van der Waals surface area contributed by atoms with Crippen molar-refractivity contribution in [3.8, 4) is 16.9 Å². The number of carboxylic acids is 1. The second kappa shape index (κ2) is 9.13. The minimum absolute atomic E-state index is 0.231. The summed E-state index contributed by atoms with van der Waals surface area (Å²) in [6.07, 6.45) is -1.57. The zero-order valence-corrected chi connectivity index (χ0v) is 17.0. The average molecular weight is 444 g/mol. The summed E-state index contributed by atoms with van der Waals surface area (Å²) < 4.78 is 40.6. The largest absolute Gasteiger partial charge is 0.573 e. The number of hydrogen-bond acceptors (Lipinski definition) is 4. The monoisotopic (exact) mass is 443 g/mol. The number of rotatable bonds is 6. The van der Waals surface area contributed by atoms with Crippen molar-refractivity contribution in [3.63, 3.8) is 0 Å². The van der Waals surface area contributed by atoms with Crippen LogP contribution in [0.4, 0.5) is 13.2 Å². The molecule has 1 saturated carbocycles. The highest BCUT2D eigenvalue weighted by molar-refractivity contribution is 7.81. The van der Waals surface area contributed by atoms with Crippen LogP contribution in [0.2, 0.25) is 0 Å². The highest BCUT2D eigenvalue weighted by atomic mass is 32.1. The minimum atomic E-state index is -4.71. The van der Waals surface area contributed by atoms with Gasteiger partial charge in [-0.25, -0.2) is 0 Å². The number of halogens is 3. The Kier molecular flexibility index (Phi) is 6.79. The average Bonchev–Trinajstić information content (AvgIpc) is 3.16. The summed E-state index contributed by atoms with van der Waals surface area (Å²) in [6, 6.07) is 7.61. The molecule has 3 rings (SSSR count). The molecule has 1 aliphatic rings. The maximum Gasteiger partial charge on any atom is 0.573 e. The summed E-state index contributed by atoms with van der Waals surface area (Å²) in [4.78, 5) is 12.5. The lowest BCUT2D eigenvalue weighted by atomic mass is 9.82. The first-order valence-corrected chi connectivity index (χ1v) is 10.5. The first kappa shape index (κ1) is 21.6. The molecule has 0 unspecified atom stereocenters. The quantitative estimate of drug-likeness (QED) is 0.580. The van der Waals surface area contributed by atoms with Crippen molar-refractivity contribution in [2.75, 3.05) is 6.54 Å². The van der Waals surface area contributed by atoms with Gasteiger partial charge in [0, 0.05) is 6.54 Å². The normalized spacial score (nSPS) is 19.6. The number of ether oxygens (including phenoxy) is 1. The van der Waals surface area contributed by atoms with Gasteiger partial charge in [-0.2, -0.15) is 0 Å². The third kappa shape index (κ3) is 6.17. The van der Waals surface area contributed by atoms with E-state index in [1.807, 2.05) is 11.4 Å². The summed E-state index contributed by atoms with van der Waals surface area (Å²) in [6.45, 7) is 0.710. The molecule has 1 aromatic heterocycles. The molecule has 29 heavy (non-hydrogen) atoms. The van der Waals surface area contributed by atoms with Gasteiger partial charge in [0.15, 0.2) is 0 Å². The van der Waals surface area contributed by atoms with E-state index in [1.165, 1.54) is 23.5 Å². The molecule has 1 fully saturated rings. The van der Waals surface area contributed by atoms with Crippen LogP contribution in [0.5, 0.6) is 5.75 Å². The first-order valence-electron chi connectivity index (χ1n) is 9.17. The van der Waals surface area contributed by atoms with Crippen LogP contribution in [0.25, 0.3) is 11.1 Å². The Morgan fingerprint density at radius 3 is 2.41 bits per heavy atom. The van der Waals surface area contributed by atoms with E-state index in [9.17, 15) is 18.0 Å². The lowest BCUT2D eigenvalue weighted by Gasteiger charge is -2.26. The number of benzene rings is 1. The van der Waals surface area contributed by atoms with Crippen molar-refractivity contribution < 1.29 is 27.8 Å². The molecule has 0 saturated heterocycles. The number of nitrogens with one attached hydrogen (secondary N) is 1. The van der Waals surface area contributed by atoms with Crippen LogP contribution in [0.3, 0.4) is 0 Å². The molecule has 2 N–H and O–H groups in total. The molecule has 0 amide bonds. The van der Waals surface area contributed by atoms with E-state index < -0.39 is 12.3 Å². The number of carboxylic acid groups (broad SMARTS) is 1. The number of aliphatic carboxylic acids is 1. The molecule has 4 nitrogen and oxygen atoms in total. The van der Waals surface area contributed by atoms with Crippen molar-refractivity contribution in [2.24, 2.45) is 11.8 Å². The van der Waals surface area contributed by atoms with Crippen LogP contribution in [-0.2, 0) is 4.79 Å². The summed E-state index contributed by atoms with van der Waals surface area (Å²) in [7, 11) is 0. The molecule has 1 heterocycles. The predicted molar refractivity (Wildman–Crippen MR) is 109 cm³/mol. The van der Waals surface area contributed by atoms with Gasteiger partial charge in [0.05, 0.1) is 10.8 Å². The fourth-order valence-corrected chi connectivity index (χ4v) is 4.51. The molecule has 0 atom stereocenters. The Morgan fingerprint density at radius 1 is 1.17 bits per heavy atom. The number of thiophene rings is 1. The van der Waals surface area contributed by atoms with Crippen LogP contribution < -0.4 is 10.1 Å². The van der Waals surface area contributed by atoms with Gasteiger partial charge < -0.3 is 15.2 Å². The molecule has 0 aliphatic heterocycles. The fourth-order valence-electron chi connectivity index (χ4n) is 3.39. The topological polar surface area (TPSA) is 58.6 Å². The van der Waals surface area contributed by atoms with E-state index in [0.29, 0.717) is 30.3 Å². The molecular formula is C20H20F3NO3S2. The molecular weight excluding hydrogens is 423 g/mol. The van der Waals surface area contributed by atoms with E-state index in [-0.39, 0.29) is 11.7 Å². The van der Waals surface area contributed by atoms with Gasteiger partial charge >= 0.3 is 12.3 Å². The van der Waals surface area contributed by atoms with Gasteiger partial charge in [0.25, 0.3) is 0 Å². The maximum atomic E-state index is 12.3. The van der Waals surface area contributed by atoms with Crippen LogP contribution in [0, 0.1) is 11.8 Å². The summed E-state index contributed by atoms with van der Waals surface area (Å²) in [5.74, 6) is -0.794. The van der Waals surface area contributed by atoms with Crippen molar-refractivity contribution in [1.82, 2.24) is 5.32 Å². The molecule has 0 radical (unpaired) electrons. The van der Waals surface area contributed by atoms with E-state index in [4.69, 9.17) is 17.3 Å². The molecule has 0 spiro atoms. The smallest absolute Gasteiger partial charge is 0.481 e. The summed E-state index contributed by atoms with van der Waals surface area (Å²) in [5, 5.41) is 14.2. The fraction of sp³-hybridized carbons (Fsp3) is 0.400. The number of alkyl halides is 3. The van der Waals surface area contributed by atoms with Gasteiger partial charge in [-0.3, -0.25) is 4.79 Å². The third-order valence-electron chi connectivity index (χ3n) is 4.99.